The number of aromatic nitrogens is 3. The van der Waals surface area contributed by atoms with Crippen molar-refractivity contribution in [2.24, 2.45) is 0 Å². The second-order valence-electron chi connectivity index (χ2n) is 9.18. The molecule has 1 aliphatic rings. The molecule has 5 rings (SSSR count). The van der Waals surface area contributed by atoms with Gasteiger partial charge in [0.2, 0.25) is 5.95 Å². The molecule has 220 valence electrons. The van der Waals surface area contributed by atoms with Crippen LogP contribution in [0.15, 0.2) is 102 Å². The Labute approximate surface area is 250 Å². The molecule has 0 amide bonds. The van der Waals surface area contributed by atoms with Crippen LogP contribution in [0.5, 0.6) is 0 Å². The largest absolute Gasteiger partial charge is 0.459 e. The molecule has 1 aliphatic heterocycles. The predicted octanol–water partition coefficient (Wildman–Crippen LogP) is 3.53. The third kappa shape index (κ3) is 7.08. The molecule has 1 saturated heterocycles. The zero-order valence-corrected chi connectivity index (χ0v) is 23.6. The van der Waals surface area contributed by atoms with Crippen LogP contribution in [0.4, 0.5) is 5.95 Å². The summed E-state index contributed by atoms with van der Waals surface area (Å²) in [7, 11) is 0. The summed E-state index contributed by atoms with van der Waals surface area (Å²) in [6.07, 6.45) is -2.23. The summed E-state index contributed by atoms with van der Waals surface area (Å²) in [5, 5.41) is 0. The van der Waals surface area contributed by atoms with Gasteiger partial charge in [-0.25, -0.2) is 24.2 Å². The lowest BCUT2D eigenvalue weighted by molar-refractivity contribution is -0.0643. The van der Waals surface area contributed by atoms with Gasteiger partial charge in [-0.05, 0) is 36.4 Å². The van der Waals surface area contributed by atoms with E-state index >= 15 is 0 Å². The van der Waals surface area contributed by atoms with E-state index in [-0.39, 0.29) is 17.1 Å². The number of carbonyl (C=O) groups is 3. The number of hydrogen-bond donors (Lipinski definition) is 1. The third-order valence-corrected chi connectivity index (χ3v) is 6.76. The van der Waals surface area contributed by atoms with Crippen molar-refractivity contribution in [1.82, 2.24) is 14.5 Å². The Morgan fingerprint density at radius 3 is 1.84 bits per heavy atom. The lowest BCUT2D eigenvalue weighted by Crippen LogP contribution is -2.42. The minimum atomic E-state index is -1.36. The van der Waals surface area contributed by atoms with Crippen molar-refractivity contribution in [1.29, 1.82) is 0 Å². The molecule has 13 heteroatoms. The topological polar surface area (TPSA) is 148 Å². The number of benzene rings is 3. The minimum Gasteiger partial charge on any atom is -0.459 e. The van der Waals surface area contributed by atoms with Gasteiger partial charge in [-0.3, -0.25) is 9.29 Å². The van der Waals surface area contributed by atoms with Gasteiger partial charge in [0, 0.05) is 6.26 Å². The number of rotatable bonds is 10. The second-order valence-corrected chi connectivity index (χ2v) is 9.79. The zero-order valence-electron chi connectivity index (χ0n) is 22.8. The maximum Gasteiger partial charge on any atom is 0.354 e. The molecular weight excluding hydrogens is 576 g/mol. The number of ether oxygens (including phenoxy) is 4. The van der Waals surface area contributed by atoms with Crippen molar-refractivity contribution >= 4 is 35.8 Å². The van der Waals surface area contributed by atoms with E-state index in [1.54, 1.807) is 97.3 Å². The highest BCUT2D eigenvalue weighted by molar-refractivity contribution is 7.99. The molecule has 4 aromatic rings. The van der Waals surface area contributed by atoms with Gasteiger partial charge in [0.25, 0.3) is 0 Å². The molecule has 0 radical (unpaired) electrons. The highest BCUT2D eigenvalue weighted by Crippen LogP contribution is 2.34. The van der Waals surface area contributed by atoms with E-state index in [1.807, 2.05) is 0 Å². The molecule has 12 nitrogen and oxygen atoms in total. The zero-order chi connectivity index (χ0) is 30.2. The molecule has 1 fully saturated rings. The van der Waals surface area contributed by atoms with E-state index in [2.05, 4.69) is 14.7 Å². The fourth-order valence-electron chi connectivity index (χ4n) is 4.34. The van der Waals surface area contributed by atoms with Crippen molar-refractivity contribution in [3.8, 4) is 0 Å². The van der Waals surface area contributed by atoms with E-state index in [1.165, 1.54) is 18.3 Å². The molecule has 1 unspecified atom stereocenters. The van der Waals surface area contributed by atoms with E-state index in [0.29, 0.717) is 5.56 Å². The Morgan fingerprint density at radius 1 is 0.814 bits per heavy atom. The first-order valence-electron chi connectivity index (χ1n) is 13.1. The number of anilines is 1. The van der Waals surface area contributed by atoms with Crippen molar-refractivity contribution in [2.75, 3.05) is 17.6 Å². The Morgan fingerprint density at radius 2 is 1.33 bits per heavy atom. The fraction of sp³-hybridized carbons (Fsp3) is 0.200. The average molecular weight is 603 g/mol. The average Bonchev–Trinajstić information content (AvgIpc) is 3.37. The molecule has 0 bridgehead atoms. The van der Waals surface area contributed by atoms with Gasteiger partial charge in [0.1, 0.15) is 19.0 Å². The summed E-state index contributed by atoms with van der Waals surface area (Å²) in [6.45, 7) is -0.391. The molecule has 3 aromatic carbocycles. The molecule has 0 saturated carbocycles. The summed E-state index contributed by atoms with van der Waals surface area (Å²) in [4.78, 5) is 60.3. The van der Waals surface area contributed by atoms with E-state index in [9.17, 15) is 19.2 Å². The quantitative estimate of drug-likeness (QED) is 0.161. The summed E-state index contributed by atoms with van der Waals surface area (Å²) >= 11 is 1.19. The van der Waals surface area contributed by atoms with Crippen LogP contribution in [-0.4, -0.2) is 63.6 Å². The minimum absolute atomic E-state index is 0.0602. The van der Waals surface area contributed by atoms with Crippen LogP contribution < -0.4 is 10.4 Å². The smallest absolute Gasteiger partial charge is 0.354 e. The highest BCUT2D eigenvalue weighted by atomic mass is 32.2. The monoisotopic (exact) mass is 602 g/mol. The first-order chi connectivity index (χ1) is 20.9. The maximum absolute atomic E-state index is 13.2. The van der Waals surface area contributed by atoms with Gasteiger partial charge in [-0.1, -0.05) is 66.5 Å². The SMILES string of the molecule is CSNc1ncn([C@@H]2O[C@H](COC(=O)c3ccccc3)C(OC(=O)c3ccccc3)[C@@H]2OC(=O)c2ccccc2)c(=O)n1. The van der Waals surface area contributed by atoms with Gasteiger partial charge in [0.15, 0.2) is 18.4 Å². The normalized spacial score (nSPS) is 19.3. The number of carbonyl (C=O) groups excluding carboxylic acids is 3. The first kappa shape index (κ1) is 29.5. The first-order valence-corrected chi connectivity index (χ1v) is 14.3. The molecule has 1 aromatic heterocycles. The summed E-state index contributed by atoms with van der Waals surface area (Å²) in [5.41, 5.74) is -0.0284. The highest BCUT2D eigenvalue weighted by Gasteiger charge is 2.52. The van der Waals surface area contributed by atoms with Crippen LogP contribution in [0.25, 0.3) is 0 Å². The van der Waals surface area contributed by atoms with E-state index in [0.717, 1.165) is 4.57 Å². The molecular formula is C30H26N4O8S. The number of nitrogens with zero attached hydrogens (tertiary/aromatic N) is 3. The van der Waals surface area contributed by atoms with Crippen molar-refractivity contribution in [3.63, 3.8) is 0 Å². The number of esters is 3. The third-order valence-electron chi connectivity index (χ3n) is 6.37. The van der Waals surface area contributed by atoms with Gasteiger partial charge in [-0.15, -0.1) is 0 Å². The fourth-order valence-corrected chi connectivity index (χ4v) is 4.62. The van der Waals surface area contributed by atoms with Crippen LogP contribution in [0, 0.1) is 0 Å². The Balaban J connectivity index is 1.50. The van der Waals surface area contributed by atoms with Crippen LogP contribution in [0.1, 0.15) is 37.3 Å². The van der Waals surface area contributed by atoms with Gasteiger partial charge in [-0.2, -0.15) is 4.98 Å². The lowest BCUT2D eigenvalue weighted by atomic mass is 10.1. The van der Waals surface area contributed by atoms with Crippen molar-refractivity contribution < 1.29 is 33.3 Å². The summed E-state index contributed by atoms with van der Waals surface area (Å²) in [6, 6.07) is 24.6. The standard InChI is InChI=1S/C30H26N4O8S/c1-43-33-29-31-18-34(30(38)32-29)25-24(42-28(37)21-15-9-4-10-16-21)23(41-27(36)20-13-7-3-8-14-20)22(40-25)17-39-26(35)19-11-5-2-6-12-19/h2-16,18,22-25H,17H2,1H3,(H,32,33,38)/t22-,23?,24+,25-/m1/s1. The van der Waals surface area contributed by atoms with Crippen LogP contribution in [-0.2, 0) is 18.9 Å². The van der Waals surface area contributed by atoms with Crippen molar-refractivity contribution in [2.45, 2.75) is 24.5 Å². The predicted molar refractivity (Wildman–Crippen MR) is 155 cm³/mol. The van der Waals surface area contributed by atoms with Gasteiger partial charge >= 0.3 is 23.6 Å². The lowest BCUT2D eigenvalue weighted by Gasteiger charge is -2.25. The Kier molecular flexibility index (Phi) is 9.44. The van der Waals surface area contributed by atoms with Crippen LogP contribution >= 0.6 is 11.9 Å². The molecule has 4 atom stereocenters. The van der Waals surface area contributed by atoms with Crippen LogP contribution in [0.3, 0.4) is 0 Å². The van der Waals surface area contributed by atoms with Crippen LogP contribution in [0.2, 0.25) is 0 Å². The molecule has 1 N–H and O–H groups in total. The Hall–Kier alpha value is -5.01. The second kappa shape index (κ2) is 13.8. The number of hydrogen-bond acceptors (Lipinski definition) is 12. The van der Waals surface area contributed by atoms with Gasteiger partial charge < -0.3 is 18.9 Å². The van der Waals surface area contributed by atoms with Gasteiger partial charge in [0.05, 0.1) is 16.7 Å². The summed E-state index contributed by atoms with van der Waals surface area (Å²) in [5.74, 6) is -2.08. The Bertz CT molecular complexity index is 1620. The maximum atomic E-state index is 13.2. The number of nitrogens with one attached hydrogen (secondary N) is 1. The van der Waals surface area contributed by atoms with E-state index in [4.69, 9.17) is 18.9 Å². The molecule has 43 heavy (non-hydrogen) atoms. The van der Waals surface area contributed by atoms with Crippen molar-refractivity contribution in [3.05, 3.63) is 124 Å². The molecule has 2 heterocycles. The molecule has 0 aliphatic carbocycles. The van der Waals surface area contributed by atoms with E-state index < -0.39 is 54.7 Å². The molecule has 0 spiro atoms. The summed E-state index contributed by atoms with van der Waals surface area (Å²) < 4.78 is 27.1.